The van der Waals surface area contributed by atoms with Gasteiger partial charge in [0.2, 0.25) is 5.91 Å². The van der Waals surface area contributed by atoms with Crippen LogP contribution in [0.1, 0.15) is 18.1 Å². The van der Waals surface area contributed by atoms with E-state index in [0.717, 1.165) is 12.1 Å². The highest BCUT2D eigenvalue weighted by Crippen LogP contribution is 2.04. The van der Waals surface area contributed by atoms with E-state index in [1.165, 1.54) is 12.5 Å². The molecule has 0 unspecified atom stereocenters. The average molecular weight is 192 g/mol. The minimum Gasteiger partial charge on any atom is -0.352 e. The van der Waals surface area contributed by atoms with Crippen LogP contribution in [0.15, 0.2) is 24.3 Å². The van der Waals surface area contributed by atoms with Crippen LogP contribution < -0.4 is 10.6 Å². The average Bonchev–Trinajstić information content (AvgIpc) is 2.16. The van der Waals surface area contributed by atoms with Crippen LogP contribution in [0.2, 0.25) is 0 Å². The summed E-state index contributed by atoms with van der Waals surface area (Å²) < 4.78 is 0. The molecule has 1 amide bonds. The molecule has 0 saturated heterocycles. The molecule has 0 saturated carbocycles. The Morgan fingerprint density at radius 2 is 1.93 bits per heavy atom. The molecule has 0 heterocycles. The van der Waals surface area contributed by atoms with E-state index in [9.17, 15) is 4.79 Å². The summed E-state index contributed by atoms with van der Waals surface area (Å²) in [6, 6.07) is 8.17. The van der Waals surface area contributed by atoms with Crippen LogP contribution in [-0.4, -0.2) is 13.0 Å². The van der Waals surface area contributed by atoms with Crippen molar-refractivity contribution in [2.24, 2.45) is 0 Å². The van der Waals surface area contributed by atoms with E-state index in [1.54, 1.807) is 0 Å². The molecular formula is C11H16N2O. The van der Waals surface area contributed by atoms with Crippen LogP contribution in [0, 0.1) is 0 Å². The van der Waals surface area contributed by atoms with E-state index in [1.807, 2.05) is 19.2 Å². The summed E-state index contributed by atoms with van der Waals surface area (Å²) in [6.07, 6.45) is 0. The van der Waals surface area contributed by atoms with Crippen molar-refractivity contribution in [1.29, 1.82) is 0 Å². The number of nitrogens with one attached hydrogen (secondary N) is 2. The highest BCUT2D eigenvalue weighted by molar-refractivity contribution is 5.72. The van der Waals surface area contributed by atoms with E-state index in [-0.39, 0.29) is 5.91 Å². The molecule has 0 fully saturated rings. The summed E-state index contributed by atoms with van der Waals surface area (Å²) >= 11 is 0. The third-order valence-corrected chi connectivity index (χ3v) is 1.91. The lowest BCUT2D eigenvalue weighted by Gasteiger charge is -2.05. The number of carbonyl (C=O) groups excluding carboxylic acids is 1. The van der Waals surface area contributed by atoms with Gasteiger partial charge in [-0.15, -0.1) is 0 Å². The molecule has 1 rings (SSSR count). The zero-order chi connectivity index (χ0) is 10.4. The van der Waals surface area contributed by atoms with Gasteiger partial charge in [-0.05, 0) is 18.2 Å². The maximum absolute atomic E-state index is 10.7. The third-order valence-electron chi connectivity index (χ3n) is 1.91. The highest BCUT2D eigenvalue weighted by atomic mass is 16.1. The summed E-state index contributed by atoms with van der Waals surface area (Å²) in [7, 11) is 1.92. The Kier molecular flexibility index (Phi) is 4.13. The molecule has 0 radical (unpaired) electrons. The van der Waals surface area contributed by atoms with Crippen molar-refractivity contribution < 1.29 is 4.79 Å². The SMILES string of the molecule is CNCc1cccc(CNC(C)=O)c1. The van der Waals surface area contributed by atoms with Crippen LogP contribution in [-0.2, 0) is 17.9 Å². The summed E-state index contributed by atoms with van der Waals surface area (Å²) in [5, 5.41) is 5.86. The zero-order valence-electron chi connectivity index (χ0n) is 8.63. The van der Waals surface area contributed by atoms with Gasteiger partial charge in [0, 0.05) is 20.0 Å². The third kappa shape index (κ3) is 3.58. The predicted molar refractivity (Wildman–Crippen MR) is 56.7 cm³/mol. The number of hydrogen-bond donors (Lipinski definition) is 2. The second-order valence-electron chi connectivity index (χ2n) is 3.26. The fourth-order valence-corrected chi connectivity index (χ4v) is 1.28. The molecule has 0 atom stereocenters. The topological polar surface area (TPSA) is 41.1 Å². The molecule has 0 spiro atoms. The summed E-state index contributed by atoms with van der Waals surface area (Å²) in [4.78, 5) is 10.7. The second kappa shape index (κ2) is 5.40. The van der Waals surface area contributed by atoms with Crippen molar-refractivity contribution >= 4 is 5.91 Å². The number of amides is 1. The van der Waals surface area contributed by atoms with Crippen LogP contribution in [0.3, 0.4) is 0 Å². The Labute approximate surface area is 84.5 Å². The molecular weight excluding hydrogens is 176 g/mol. The van der Waals surface area contributed by atoms with Gasteiger partial charge >= 0.3 is 0 Å². The van der Waals surface area contributed by atoms with Crippen molar-refractivity contribution in [3.8, 4) is 0 Å². The number of rotatable bonds is 4. The first-order valence-corrected chi connectivity index (χ1v) is 4.69. The van der Waals surface area contributed by atoms with Crippen molar-refractivity contribution in [1.82, 2.24) is 10.6 Å². The fourth-order valence-electron chi connectivity index (χ4n) is 1.28. The normalized spacial score (nSPS) is 9.86. The van der Waals surface area contributed by atoms with Crippen LogP contribution in [0.5, 0.6) is 0 Å². The van der Waals surface area contributed by atoms with Gasteiger partial charge in [-0.3, -0.25) is 4.79 Å². The number of benzene rings is 1. The molecule has 2 N–H and O–H groups in total. The van der Waals surface area contributed by atoms with Crippen LogP contribution in [0.25, 0.3) is 0 Å². The van der Waals surface area contributed by atoms with E-state index in [4.69, 9.17) is 0 Å². The molecule has 0 aliphatic rings. The van der Waals surface area contributed by atoms with Crippen molar-refractivity contribution in [2.45, 2.75) is 20.0 Å². The maximum Gasteiger partial charge on any atom is 0.217 e. The molecule has 0 aromatic heterocycles. The molecule has 0 aliphatic carbocycles. The van der Waals surface area contributed by atoms with Crippen molar-refractivity contribution in [3.63, 3.8) is 0 Å². The Balaban J connectivity index is 2.58. The minimum absolute atomic E-state index is 0.00372. The van der Waals surface area contributed by atoms with E-state index in [0.29, 0.717) is 6.54 Å². The maximum atomic E-state index is 10.7. The first kappa shape index (κ1) is 10.7. The first-order chi connectivity index (χ1) is 6.72. The van der Waals surface area contributed by atoms with Crippen LogP contribution >= 0.6 is 0 Å². The minimum atomic E-state index is 0.00372. The van der Waals surface area contributed by atoms with Gasteiger partial charge in [-0.1, -0.05) is 24.3 Å². The fraction of sp³-hybridized carbons (Fsp3) is 0.364. The van der Waals surface area contributed by atoms with Gasteiger partial charge < -0.3 is 10.6 Å². The summed E-state index contributed by atoms with van der Waals surface area (Å²) in [5.74, 6) is 0.00372. The lowest BCUT2D eigenvalue weighted by Crippen LogP contribution is -2.19. The zero-order valence-corrected chi connectivity index (χ0v) is 8.63. The smallest absolute Gasteiger partial charge is 0.217 e. The molecule has 3 nitrogen and oxygen atoms in total. The largest absolute Gasteiger partial charge is 0.352 e. The van der Waals surface area contributed by atoms with Crippen molar-refractivity contribution in [3.05, 3.63) is 35.4 Å². The van der Waals surface area contributed by atoms with E-state index >= 15 is 0 Å². The Morgan fingerprint density at radius 3 is 2.50 bits per heavy atom. The van der Waals surface area contributed by atoms with Gasteiger partial charge in [0.15, 0.2) is 0 Å². The molecule has 0 aliphatic heterocycles. The Bertz CT molecular complexity index is 310. The quantitative estimate of drug-likeness (QED) is 0.748. The first-order valence-electron chi connectivity index (χ1n) is 4.69. The van der Waals surface area contributed by atoms with Gasteiger partial charge in [0.05, 0.1) is 0 Å². The molecule has 14 heavy (non-hydrogen) atoms. The van der Waals surface area contributed by atoms with Gasteiger partial charge in [0.25, 0.3) is 0 Å². The van der Waals surface area contributed by atoms with E-state index in [2.05, 4.69) is 22.8 Å². The second-order valence-corrected chi connectivity index (χ2v) is 3.26. The molecule has 0 bridgehead atoms. The lowest BCUT2D eigenvalue weighted by atomic mass is 10.1. The summed E-state index contributed by atoms with van der Waals surface area (Å²) in [5.41, 5.74) is 2.36. The predicted octanol–water partition coefficient (Wildman–Crippen LogP) is 1.04. The van der Waals surface area contributed by atoms with Gasteiger partial charge in [-0.25, -0.2) is 0 Å². The Morgan fingerprint density at radius 1 is 1.29 bits per heavy atom. The number of carbonyl (C=O) groups is 1. The molecule has 76 valence electrons. The highest BCUT2D eigenvalue weighted by Gasteiger charge is 1.96. The standard InChI is InChI=1S/C11H16N2O/c1-9(14)13-8-11-5-3-4-10(6-11)7-12-2/h3-6,12H,7-8H2,1-2H3,(H,13,14). The van der Waals surface area contributed by atoms with Gasteiger partial charge in [-0.2, -0.15) is 0 Å². The molecule has 3 heteroatoms. The van der Waals surface area contributed by atoms with Gasteiger partial charge in [0.1, 0.15) is 0 Å². The van der Waals surface area contributed by atoms with E-state index < -0.39 is 0 Å². The summed E-state index contributed by atoms with van der Waals surface area (Å²) in [6.45, 7) is 2.98. The monoisotopic (exact) mass is 192 g/mol. The number of hydrogen-bond acceptors (Lipinski definition) is 2. The van der Waals surface area contributed by atoms with Crippen molar-refractivity contribution in [2.75, 3.05) is 7.05 Å². The molecule has 1 aromatic rings. The Hall–Kier alpha value is -1.35. The molecule has 1 aromatic carbocycles. The lowest BCUT2D eigenvalue weighted by molar-refractivity contribution is -0.119. The van der Waals surface area contributed by atoms with Crippen LogP contribution in [0.4, 0.5) is 0 Å².